The molecule has 1 aliphatic rings. The van der Waals surface area contributed by atoms with E-state index in [-0.39, 0.29) is 41.2 Å². The van der Waals surface area contributed by atoms with E-state index in [1.807, 2.05) is 30.3 Å². The van der Waals surface area contributed by atoms with Crippen LogP contribution in [0.1, 0.15) is 5.56 Å². The average molecular weight is 506 g/mol. The molecule has 0 radical (unpaired) electrons. The summed E-state index contributed by atoms with van der Waals surface area (Å²) >= 11 is 1.17. The van der Waals surface area contributed by atoms with E-state index in [1.165, 1.54) is 6.07 Å². The molecule has 1 saturated heterocycles. The molecule has 31 heavy (non-hydrogen) atoms. The van der Waals surface area contributed by atoms with Crippen LogP contribution in [0.15, 0.2) is 54.6 Å². The molecular weight excluding hydrogens is 489 g/mol. The van der Waals surface area contributed by atoms with Crippen LogP contribution in [-0.4, -0.2) is 28.2 Å². The van der Waals surface area contributed by atoms with Gasteiger partial charge in [0.25, 0.3) is 5.91 Å². The van der Waals surface area contributed by atoms with Gasteiger partial charge >= 0.3 is 0 Å². The lowest BCUT2D eigenvalue weighted by atomic mass is 10.1. The molecule has 1 atom stereocenters. The van der Waals surface area contributed by atoms with Crippen molar-refractivity contribution in [3.05, 3.63) is 66.0 Å². The Hall–Kier alpha value is -2.82. The van der Waals surface area contributed by atoms with Gasteiger partial charge in [0.1, 0.15) is 6.61 Å². The highest BCUT2D eigenvalue weighted by Crippen LogP contribution is 2.40. The first kappa shape index (κ1) is 21.4. The number of benzene rings is 3. The Labute approximate surface area is 189 Å². The van der Waals surface area contributed by atoms with E-state index in [1.54, 1.807) is 18.2 Å². The Morgan fingerprint density at radius 2 is 2.03 bits per heavy atom. The van der Waals surface area contributed by atoms with Gasteiger partial charge < -0.3 is 14.6 Å². The number of nitrogens with one attached hydrogen (secondary N) is 2. The summed E-state index contributed by atoms with van der Waals surface area (Å²) in [4.78, 5) is 23.4. The number of amides is 2. The normalized spacial score (nSPS) is 15.8. The van der Waals surface area contributed by atoms with Crippen LogP contribution >= 0.6 is 15.9 Å². The van der Waals surface area contributed by atoms with Gasteiger partial charge in [-0.2, -0.15) is 4.31 Å². The third kappa shape index (κ3) is 4.60. The van der Waals surface area contributed by atoms with Gasteiger partial charge in [0.2, 0.25) is 5.91 Å². The van der Waals surface area contributed by atoms with Crippen LogP contribution in [0.4, 0.5) is 15.8 Å². The third-order valence-corrected chi connectivity index (χ3v) is 6.22. The monoisotopic (exact) mass is 505 g/mol. The first-order valence-electron chi connectivity index (χ1n) is 9.24. The number of carbonyl (C=O) groups excluding carboxylic acids is 2. The number of hydrogen-bond donors (Lipinski definition) is 2. The number of nitrogens with zero attached hydrogens (tertiary/aromatic N) is 1. The molecule has 1 fully saturated rings. The molecule has 1 heterocycles. The lowest BCUT2D eigenvalue weighted by molar-refractivity contribution is -0.117. The number of ether oxygens (including phenoxy) is 1. The van der Waals surface area contributed by atoms with Crippen LogP contribution in [0.2, 0.25) is 0 Å². The molecule has 0 aliphatic carbocycles. The zero-order chi connectivity index (χ0) is 22.0. The highest BCUT2D eigenvalue weighted by molar-refractivity contribution is 9.09. The fourth-order valence-corrected chi connectivity index (χ4v) is 4.29. The van der Waals surface area contributed by atoms with Gasteiger partial charge in [-0.25, -0.2) is 4.39 Å². The van der Waals surface area contributed by atoms with E-state index in [0.717, 1.165) is 9.87 Å². The van der Waals surface area contributed by atoms with Crippen molar-refractivity contribution in [3.8, 4) is 5.75 Å². The standard InChI is InChI=1S/C21H17BrFN3O4S/c22-10-18(27)24-15-6-7-16-14(8-15)9-17(30-12-13-4-2-1-3-5-13)21(20(16)23)26-11-19(28)25-31(26)29/h1-9H,10-12H2,(H,24,27)(H,25,28). The first-order valence-corrected chi connectivity index (χ1v) is 11.5. The summed E-state index contributed by atoms with van der Waals surface area (Å²) in [5, 5.41) is 3.56. The summed E-state index contributed by atoms with van der Waals surface area (Å²) in [5.74, 6) is -1.24. The number of rotatable bonds is 6. The van der Waals surface area contributed by atoms with Crippen LogP contribution in [0.5, 0.6) is 5.75 Å². The maximum Gasteiger partial charge on any atom is 0.287 e. The van der Waals surface area contributed by atoms with E-state index in [9.17, 15) is 14.1 Å². The van der Waals surface area contributed by atoms with Crippen molar-refractivity contribution in [1.82, 2.24) is 4.72 Å². The molecule has 0 spiro atoms. The van der Waals surface area contributed by atoms with Gasteiger partial charge in [0.05, 0.1) is 5.33 Å². The minimum Gasteiger partial charge on any atom is -0.568 e. The molecule has 10 heteroatoms. The van der Waals surface area contributed by atoms with Gasteiger partial charge in [0, 0.05) is 11.1 Å². The van der Waals surface area contributed by atoms with Crippen molar-refractivity contribution < 1.29 is 23.3 Å². The molecule has 1 unspecified atom stereocenters. The van der Waals surface area contributed by atoms with Crippen LogP contribution in [0, 0.1) is 5.82 Å². The van der Waals surface area contributed by atoms with Crippen molar-refractivity contribution in [2.24, 2.45) is 0 Å². The van der Waals surface area contributed by atoms with Gasteiger partial charge in [0.15, 0.2) is 35.3 Å². The number of fused-ring (bicyclic) bond motifs is 1. The maximum atomic E-state index is 15.6. The zero-order valence-corrected chi connectivity index (χ0v) is 18.5. The summed E-state index contributed by atoms with van der Waals surface area (Å²) < 4.78 is 37.2. The van der Waals surface area contributed by atoms with Crippen molar-refractivity contribution >= 4 is 61.4 Å². The van der Waals surface area contributed by atoms with Crippen molar-refractivity contribution in [2.75, 3.05) is 21.5 Å². The lowest BCUT2D eigenvalue weighted by Crippen LogP contribution is -2.30. The van der Waals surface area contributed by atoms with E-state index in [2.05, 4.69) is 26.0 Å². The second-order valence-electron chi connectivity index (χ2n) is 6.74. The maximum absolute atomic E-state index is 15.6. The smallest absolute Gasteiger partial charge is 0.287 e. The van der Waals surface area contributed by atoms with Gasteiger partial charge in [-0.1, -0.05) is 46.3 Å². The summed E-state index contributed by atoms with van der Waals surface area (Å²) in [6.45, 7) is -0.100. The Balaban J connectivity index is 1.78. The third-order valence-electron chi connectivity index (χ3n) is 4.60. The number of alkyl halides is 1. The van der Waals surface area contributed by atoms with Gasteiger partial charge in [-0.15, -0.1) is 4.72 Å². The SMILES string of the molecule is O=C(CBr)Nc1ccc2c(F)c(N3CC(=O)N[S+]3[O-])c(OCc3ccccc3)cc2c1. The highest BCUT2D eigenvalue weighted by Gasteiger charge is 2.38. The molecule has 4 rings (SSSR count). The highest BCUT2D eigenvalue weighted by atomic mass is 79.9. The Bertz CT molecular complexity index is 1150. The molecule has 1 aliphatic heterocycles. The molecule has 0 saturated carbocycles. The van der Waals surface area contributed by atoms with Crippen LogP contribution in [0.25, 0.3) is 10.8 Å². The lowest BCUT2D eigenvalue weighted by Gasteiger charge is -2.21. The molecule has 3 aromatic rings. The number of carbonyl (C=O) groups is 2. The van der Waals surface area contributed by atoms with Crippen molar-refractivity contribution in [3.63, 3.8) is 0 Å². The summed E-state index contributed by atoms with van der Waals surface area (Å²) in [7, 11) is 0. The van der Waals surface area contributed by atoms with E-state index < -0.39 is 23.3 Å². The number of hydrogen-bond acceptors (Lipinski definition) is 5. The molecule has 2 amide bonds. The second kappa shape index (κ2) is 9.13. The van der Waals surface area contributed by atoms with E-state index >= 15 is 4.39 Å². The first-order chi connectivity index (χ1) is 15.0. The molecule has 160 valence electrons. The predicted molar refractivity (Wildman–Crippen MR) is 121 cm³/mol. The molecule has 2 N–H and O–H groups in total. The van der Waals surface area contributed by atoms with Crippen molar-refractivity contribution in [1.29, 1.82) is 0 Å². The fraction of sp³-hybridized carbons (Fsp3) is 0.143. The van der Waals surface area contributed by atoms with E-state index in [0.29, 0.717) is 11.1 Å². The Morgan fingerprint density at radius 3 is 2.71 bits per heavy atom. The predicted octanol–water partition coefficient (Wildman–Crippen LogP) is 3.41. The summed E-state index contributed by atoms with van der Waals surface area (Å²) in [5.41, 5.74) is 1.31. The Morgan fingerprint density at radius 1 is 1.26 bits per heavy atom. The van der Waals surface area contributed by atoms with E-state index in [4.69, 9.17) is 4.74 Å². The quantitative estimate of drug-likeness (QED) is 0.395. The molecule has 0 aromatic heterocycles. The second-order valence-corrected chi connectivity index (χ2v) is 8.44. The molecule has 7 nitrogen and oxygen atoms in total. The average Bonchev–Trinajstić information content (AvgIpc) is 3.10. The van der Waals surface area contributed by atoms with Crippen molar-refractivity contribution in [2.45, 2.75) is 6.61 Å². The fourth-order valence-electron chi connectivity index (χ4n) is 3.21. The topological polar surface area (TPSA) is 93.7 Å². The van der Waals surface area contributed by atoms with Gasteiger partial charge in [-0.3, -0.25) is 9.59 Å². The molecular formula is C21H17BrFN3O4S. The number of halogens is 2. The minimum absolute atomic E-state index is 0.0580. The van der Waals surface area contributed by atoms with Crippen LogP contribution in [0.3, 0.4) is 0 Å². The molecule has 3 aromatic carbocycles. The molecule has 0 bridgehead atoms. The summed E-state index contributed by atoms with van der Waals surface area (Å²) in [6.07, 6.45) is 0. The minimum atomic E-state index is -1.92. The zero-order valence-electron chi connectivity index (χ0n) is 16.1. The van der Waals surface area contributed by atoms with Crippen LogP contribution < -0.4 is 19.1 Å². The number of anilines is 2. The van der Waals surface area contributed by atoms with Gasteiger partial charge in [-0.05, 0) is 35.2 Å². The van der Waals surface area contributed by atoms with Crippen LogP contribution in [-0.2, 0) is 27.7 Å². The largest absolute Gasteiger partial charge is 0.568 e. The summed E-state index contributed by atoms with van der Waals surface area (Å²) in [6, 6.07) is 15.7. The Kier molecular flexibility index (Phi) is 6.30.